The summed E-state index contributed by atoms with van der Waals surface area (Å²) in [7, 11) is 1.66. The first-order chi connectivity index (χ1) is 14.8. The van der Waals surface area contributed by atoms with Crippen LogP contribution in [0.2, 0.25) is 0 Å². The van der Waals surface area contributed by atoms with Crippen molar-refractivity contribution in [1.82, 2.24) is 4.98 Å². The Hall–Kier alpha value is -3.39. The van der Waals surface area contributed by atoms with Gasteiger partial charge in [-0.3, -0.25) is 4.98 Å². The third-order valence-corrected chi connectivity index (χ3v) is 6.07. The smallest absolute Gasteiger partial charge is 0.121 e. The summed E-state index contributed by atoms with van der Waals surface area (Å²) in [4.78, 5) is 4.21. The van der Waals surface area contributed by atoms with Gasteiger partial charge >= 0.3 is 0 Å². The molecule has 0 saturated carbocycles. The largest absolute Gasteiger partial charge is 0.497 e. The summed E-state index contributed by atoms with van der Waals surface area (Å²) < 4.78 is 5.08. The maximum atomic E-state index is 5.08. The van der Waals surface area contributed by atoms with Gasteiger partial charge in [-0.15, -0.1) is 0 Å². The van der Waals surface area contributed by atoms with Gasteiger partial charge in [0.2, 0.25) is 0 Å². The molecule has 0 radical (unpaired) electrons. The minimum absolute atomic E-state index is 0.848. The molecule has 0 fully saturated rings. The lowest BCUT2D eigenvalue weighted by atomic mass is 9.86. The number of nitrogens with zero attached hydrogens (tertiary/aromatic N) is 1. The lowest BCUT2D eigenvalue weighted by molar-refractivity contribution is 0.415. The van der Waals surface area contributed by atoms with Crippen LogP contribution in [0.5, 0.6) is 5.75 Å². The minimum Gasteiger partial charge on any atom is -0.497 e. The molecule has 1 aliphatic rings. The summed E-state index contributed by atoms with van der Waals surface area (Å²) in [6.07, 6.45) is 7.00. The monoisotopic (exact) mass is 391 g/mol. The Morgan fingerprint density at radius 1 is 0.700 bits per heavy atom. The van der Waals surface area contributed by atoms with E-state index in [1.54, 1.807) is 24.4 Å². The number of benzene rings is 4. The van der Waals surface area contributed by atoms with E-state index in [9.17, 15) is 0 Å². The Kier molecular flexibility index (Phi) is 5.06. The number of methoxy groups -OCH3 is 1. The Labute approximate surface area is 177 Å². The lowest BCUT2D eigenvalue weighted by Gasteiger charge is -2.18. The molecule has 1 aromatic heterocycles. The second kappa shape index (κ2) is 8.16. The molecule has 5 aromatic rings. The maximum absolute atomic E-state index is 5.08. The van der Waals surface area contributed by atoms with Gasteiger partial charge in [0.15, 0.2) is 0 Å². The van der Waals surface area contributed by atoms with Crippen LogP contribution in [-0.2, 0) is 12.8 Å². The highest BCUT2D eigenvalue weighted by molar-refractivity contribution is 6.08. The normalized spacial score (nSPS) is 13.0. The molecule has 6 rings (SSSR count). The van der Waals surface area contributed by atoms with Crippen LogP contribution in [0.25, 0.3) is 32.4 Å². The van der Waals surface area contributed by atoms with E-state index in [2.05, 4.69) is 53.5 Å². The molecule has 0 unspecified atom stereocenters. The predicted molar refractivity (Wildman–Crippen MR) is 126 cm³/mol. The van der Waals surface area contributed by atoms with Crippen LogP contribution in [0.4, 0.5) is 0 Å². The molecule has 0 bridgehead atoms. The maximum Gasteiger partial charge on any atom is 0.121 e. The number of pyridine rings is 1. The highest BCUT2D eigenvalue weighted by Crippen LogP contribution is 2.33. The number of fused-ring (bicyclic) bond motifs is 6. The number of aryl methyl sites for hydroxylation is 2. The van der Waals surface area contributed by atoms with Crippen LogP contribution in [-0.4, -0.2) is 12.1 Å². The fraction of sp³-hybridized carbons (Fsp3) is 0.179. The van der Waals surface area contributed by atoms with E-state index in [0.29, 0.717) is 0 Å². The van der Waals surface area contributed by atoms with Crippen LogP contribution in [0.3, 0.4) is 0 Å². The van der Waals surface area contributed by atoms with Gasteiger partial charge in [-0.1, -0.05) is 54.6 Å². The Morgan fingerprint density at radius 2 is 1.50 bits per heavy atom. The van der Waals surface area contributed by atoms with Crippen molar-refractivity contribution in [1.29, 1.82) is 0 Å². The molecule has 0 aliphatic heterocycles. The van der Waals surface area contributed by atoms with E-state index in [-0.39, 0.29) is 0 Å². The van der Waals surface area contributed by atoms with E-state index in [0.717, 1.165) is 16.7 Å². The lowest BCUT2D eigenvalue weighted by Crippen LogP contribution is -2.02. The molecule has 4 aromatic carbocycles. The zero-order chi connectivity index (χ0) is 20.3. The topological polar surface area (TPSA) is 22.1 Å². The molecular weight excluding hydrogens is 366 g/mol. The molecule has 0 amide bonds. The van der Waals surface area contributed by atoms with Gasteiger partial charge < -0.3 is 4.74 Å². The SMILES string of the molecule is COc1ccc2cccnc2c1.c1ccc2c(c1)ccc1c3c(ccc12)CCCC3. The minimum atomic E-state index is 0.848. The fourth-order valence-electron chi connectivity index (χ4n) is 4.52. The first-order valence-electron chi connectivity index (χ1n) is 10.6. The molecule has 30 heavy (non-hydrogen) atoms. The highest BCUT2D eigenvalue weighted by Gasteiger charge is 2.13. The fourth-order valence-corrected chi connectivity index (χ4v) is 4.52. The van der Waals surface area contributed by atoms with Gasteiger partial charge in [0.05, 0.1) is 12.6 Å². The second-order valence-electron chi connectivity index (χ2n) is 7.85. The number of aromatic nitrogens is 1. The van der Waals surface area contributed by atoms with Gasteiger partial charge in [-0.05, 0) is 76.6 Å². The van der Waals surface area contributed by atoms with Gasteiger partial charge in [0.1, 0.15) is 5.75 Å². The van der Waals surface area contributed by atoms with Crippen molar-refractivity contribution in [2.24, 2.45) is 0 Å². The zero-order valence-electron chi connectivity index (χ0n) is 17.3. The summed E-state index contributed by atoms with van der Waals surface area (Å²) in [5.41, 5.74) is 4.14. The molecular formula is C28H25NO. The Bertz CT molecular complexity index is 1340. The average molecular weight is 392 g/mol. The van der Waals surface area contributed by atoms with Crippen molar-refractivity contribution in [3.05, 3.63) is 96.2 Å². The van der Waals surface area contributed by atoms with Gasteiger partial charge in [-0.2, -0.15) is 0 Å². The molecule has 0 spiro atoms. The van der Waals surface area contributed by atoms with Gasteiger partial charge in [0, 0.05) is 17.6 Å². The number of hydrogen-bond acceptors (Lipinski definition) is 2. The Morgan fingerprint density at radius 3 is 2.43 bits per heavy atom. The molecule has 1 heterocycles. The van der Waals surface area contributed by atoms with E-state index in [4.69, 9.17) is 4.74 Å². The van der Waals surface area contributed by atoms with Crippen molar-refractivity contribution in [3.8, 4) is 5.75 Å². The van der Waals surface area contributed by atoms with E-state index in [1.807, 2.05) is 30.3 Å². The number of ether oxygens (including phenoxy) is 1. The van der Waals surface area contributed by atoms with Gasteiger partial charge in [-0.25, -0.2) is 0 Å². The van der Waals surface area contributed by atoms with Crippen molar-refractivity contribution in [2.45, 2.75) is 25.7 Å². The van der Waals surface area contributed by atoms with E-state index >= 15 is 0 Å². The summed E-state index contributed by atoms with van der Waals surface area (Å²) in [6, 6.07) is 27.8. The molecule has 0 N–H and O–H groups in total. The molecule has 2 nitrogen and oxygen atoms in total. The first kappa shape index (κ1) is 18.6. The van der Waals surface area contributed by atoms with Crippen LogP contribution < -0.4 is 4.74 Å². The molecule has 0 saturated heterocycles. The molecule has 2 heteroatoms. The number of hydrogen-bond donors (Lipinski definition) is 0. The molecule has 1 aliphatic carbocycles. The summed E-state index contributed by atoms with van der Waals surface area (Å²) in [5, 5.41) is 6.78. The summed E-state index contributed by atoms with van der Waals surface area (Å²) in [5.74, 6) is 0.848. The Balaban J connectivity index is 0.000000140. The molecule has 148 valence electrons. The zero-order valence-corrected chi connectivity index (χ0v) is 17.3. The third-order valence-electron chi connectivity index (χ3n) is 6.07. The van der Waals surface area contributed by atoms with Crippen molar-refractivity contribution >= 4 is 32.4 Å². The van der Waals surface area contributed by atoms with Crippen LogP contribution in [0, 0.1) is 0 Å². The van der Waals surface area contributed by atoms with E-state index < -0.39 is 0 Å². The third kappa shape index (κ3) is 3.50. The molecule has 0 atom stereocenters. The average Bonchev–Trinajstić information content (AvgIpc) is 2.83. The van der Waals surface area contributed by atoms with Gasteiger partial charge in [0.25, 0.3) is 0 Å². The van der Waals surface area contributed by atoms with Crippen molar-refractivity contribution < 1.29 is 4.74 Å². The predicted octanol–water partition coefficient (Wildman–Crippen LogP) is 7.12. The van der Waals surface area contributed by atoms with Crippen molar-refractivity contribution in [2.75, 3.05) is 7.11 Å². The van der Waals surface area contributed by atoms with Crippen LogP contribution in [0.1, 0.15) is 24.0 Å². The summed E-state index contributed by atoms with van der Waals surface area (Å²) >= 11 is 0. The highest BCUT2D eigenvalue weighted by atomic mass is 16.5. The van der Waals surface area contributed by atoms with Crippen LogP contribution >= 0.6 is 0 Å². The van der Waals surface area contributed by atoms with Crippen LogP contribution in [0.15, 0.2) is 85.1 Å². The second-order valence-corrected chi connectivity index (χ2v) is 7.85. The number of rotatable bonds is 1. The first-order valence-corrected chi connectivity index (χ1v) is 10.6. The standard InChI is InChI=1S/C18H16.C10H9NO/c1-3-7-15-13(5-1)9-11-18-16-8-4-2-6-14(16)10-12-17(15)18;1-12-9-5-4-8-3-2-6-11-10(8)7-9/h1,3,5,7,9-12H,2,4,6,8H2;2-7H,1H3. The van der Waals surface area contributed by atoms with E-state index in [1.165, 1.54) is 47.2 Å². The van der Waals surface area contributed by atoms with Crippen molar-refractivity contribution in [3.63, 3.8) is 0 Å². The quantitative estimate of drug-likeness (QED) is 0.284. The summed E-state index contributed by atoms with van der Waals surface area (Å²) in [6.45, 7) is 0.